The summed E-state index contributed by atoms with van der Waals surface area (Å²) in [6, 6.07) is 0. The van der Waals surface area contributed by atoms with Crippen LogP contribution < -0.4 is 12.4 Å². The van der Waals surface area contributed by atoms with E-state index in [2.05, 4.69) is 34.0 Å². The van der Waals surface area contributed by atoms with E-state index in [1.807, 2.05) is 0 Å². The molecule has 30 heavy (non-hydrogen) atoms. The van der Waals surface area contributed by atoms with Gasteiger partial charge in [-0.1, -0.05) is 117 Å². The minimum absolute atomic E-state index is 0. The zero-order chi connectivity index (χ0) is 21.6. The Morgan fingerprint density at radius 1 is 0.567 bits per heavy atom. The second-order valence-electron chi connectivity index (χ2n) is 9.60. The minimum Gasteiger partial charge on any atom is -1.00 e. The number of aliphatic hydroxyl groups is 1. The highest BCUT2D eigenvalue weighted by Crippen LogP contribution is 2.17. The Labute approximate surface area is 196 Å². The molecular formula is C27H56ClNO. The summed E-state index contributed by atoms with van der Waals surface area (Å²) in [6.07, 6.45) is 27.3. The molecule has 0 spiro atoms. The normalized spacial score (nSPS) is 12.2. The topological polar surface area (TPSA) is 20.2 Å². The van der Waals surface area contributed by atoms with E-state index in [0.717, 1.165) is 30.4 Å². The molecular weight excluding hydrogens is 390 g/mol. The average molecular weight is 446 g/mol. The Balaban J connectivity index is 0. The van der Waals surface area contributed by atoms with E-state index in [1.54, 1.807) is 0 Å². The number of nitrogens with zero attached hydrogens (tertiary/aromatic N) is 1. The van der Waals surface area contributed by atoms with Crippen molar-refractivity contribution >= 4 is 0 Å². The molecule has 0 atom stereocenters. The van der Waals surface area contributed by atoms with Gasteiger partial charge in [-0.3, -0.25) is 4.48 Å². The SMILES string of the molecule is CCCCCCCCCCCCCCCCC(O)=C[N+](C)(CCCC)CCCC.[Cl-]. The Bertz CT molecular complexity index is 362. The van der Waals surface area contributed by atoms with Gasteiger partial charge in [-0.2, -0.15) is 0 Å². The minimum atomic E-state index is 0. The molecule has 0 saturated heterocycles. The van der Waals surface area contributed by atoms with Crippen molar-refractivity contribution in [2.24, 2.45) is 0 Å². The lowest BCUT2D eigenvalue weighted by Gasteiger charge is -2.30. The van der Waals surface area contributed by atoms with Gasteiger partial charge in [-0.25, -0.2) is 0 Å². The summed E-state index contributed by atoms with van der Waals surface area (Å²) in [4.78, 5) is 0. The summed E-state index contributed by atoms with van der Waals surface area (Å²) in [7, 11) is 2.28. The number of allylic oxidation sites excluding steroid dienone is 1. The Morgan fingerprint density at radius 3 is 1.27 bits per heavy atom. The first kappa shape index (κ1) is 32.0. The van der Waals surface area contributed by atoms with Crippen molar-refractivity contribution in [2.75, 3.05) is 20.1 Å². The standard InChI is InChI=1S/C27H55NO.ClH/c1-5-8-11-12-13-14-15-16-17-18-19-20-21-22-23-27(29)26-28(4,24-9-6-2)25-10-7-3;/h26H,5-25H2,1-4H3;1H. The molecule has 1 N–H and O–H groups in total. The van der Waals surface area contributed by atoms with E-state index >= 15 is 0 Å². The van der Waals surface area contributed by atoms with Gasteiger partial charge >= 0.3 is 0 Å². The third-order valence-corrected chi connectivity index (χ3v) is 6.29. The fourth-order valence-electron chi connectivity index (χ4n) is 4.20. The quantitative estimate of drug-likeness (QED) is 0.117. The first-order valence-electron chi connectivity index (χ1n) is 13.3. The number of unbranched alkanes of at least 4 members (excludes halogenated alkanes) is 15. The summed E-state index contributed by atoms with van der Waals surface area (Å²) in [5.74, 6) is 0.624. The maximum absolute atomic E-state index is 10.4. The van der Waals surface area contributed by atoms with Gasteiger partial charge in [-0.05, 0) is 19.3 Å². The van der Waals surface area contributed by atoms with Crippen molar-refractivity contribution in [1.29, 1.82) is 0 Å². The second-order valence-corrected chi connectivity index (χ2v) is 9.60. The Kier molecular flexibility index (Phi) is 25.0. The van der Waals surface area contributed by atoms with Crippen molar-refractivity contribution < 1.29 is 22.0 Å². The van der Waals surface area contributed by atoms with Gasteiger partial charge in [0.1, 0.15) is 12.0 Å². The van der Waals surface area contributed by atoms with Crippen molar-refractivity contribution in [3.05, 3.63) is 12.0 Å². The van der Waals surface area contributed by atoms with Gasteiger partial charge in [-0.15, -0.1) is 0 Å². The highest BCUT2D eigenvalue weighted by molar-refractivity contribution is 4.85. The molecule has 0 aromatic heterocycles. The molecule has 0 unspecified atom stereocenters. The molecule has 182 valence electrons. The van der Waals surface area contributed by atoms with Crippen LogP contribution in [0.5, 0.6) is 0 Å². The van der Waals surface area contributed by atoms with Crippen LogP contribution in [-0.2, 0) is 0 Å². The molecule has 0 bridgehead atoms. The maximum atomic E-state index is 10.4. The molecule has 0 saturated carbocycles. The average Bonchev–Trinajstić information content (AvgIpc) is 2.71. The molecule has 0 aromatic carbocycles. The first-order valence-corrected chi connectivity index (χ1v) is 13.3. The van der Waals surface area contributed by atoms with Crippen molar-refractivity contribution in [3.63, 3.8) is 0 Å². The van der Waals surface area contributed by atoms with E-state index in [0.29, 0.717) is 5.76 Å². The molecule has 0 heterocycles. The van der Waals surface area contributed by atoms with Crippen LogP contribution in [0, 0.1) is 0 Å². The van der Waals surface area contributed by atoms with Gasteiger partial charge in [0.2, 0.25) is 0 Å². The van der Waals surface area contributed by atoms with E-state index in [4.69, 9.17) is 0 Å². The third kappa shape index (κ3) is 21.0. The van der Waals surface area contributed by atoms with Crippen LogP contribution in [-0.4, -0.2) is 29.7 Å². The van der Waals surface area contributed by atoms with Gasteiger partial charge in [0.25, 0.3) is 0 Å². The predicted octanol–water partition coefficient (Wildman–Crippen LogP) is 6.31. The monoisotopic (exact) mass is 445 g/mol. The van der Waals surface area contributed by atoms with Crippen LogP contribution in [0.15, 0.2) is 12.0 Å². The summed E-state index contributed by atoms with van der Waals surface area (Å²) < 4.78 is 0.909. The molecule has 0 aliphatic heterocycles. The number of hydrogen-bond acceptors (Lipinski definition) is 1. The molecule has 0 rings (SSSR count). The molecule has 2 nitrogen and oxygen atoms in total. The molecule has 0 aromatic rings. The summed E-state index contributed by atoms with van der Waals surface area (Å²) >= 11 is 0. The van der Waals surface area contributed by atoms with E-state index < -0.39 is 0 Å². The Hall–Kier alpha value is -0.210. The zero-order valence-electron chi connectivity index (χ0n) is 21.2. The highest BCUT2D eigenvalue weighted by atomic mass is 35.5. The molecule has 0 radical (unpaired) electrons. The predicted molar refractivity (Wildman–Crippen MR) is 131 cm³/mol. The number of halogens is 1. The zero-order valence-corrected chi connectivity index (χ0v) is 22.0. The number of hydrogen-bond donors (Lipinski definition) is 1. The fraction of sp³-hybridized carbons (Fsp3) is 0.926. The molecule has 0 aliphatic rings. The van der Waals surface area contributed by atoms with Crippen LogP contribution in [0.3, 0.4) is 0 Å². The largest absolute Gasteiger partial charge is 1.00 e. The molecule has 0 fully saturated rings. The molecule has 0 aliphatic carbocycles. The first-order chi connectivity index (χ1) is 14.1. The van der Waals surface area contributed by atoms with Gasteiger partial charge < -0.3 is 17.5 Å². The van der Waals surface area contributed by atoms with Crippen LogP contribution in [0.4, 0.5) is 0 Å². The number of rotatable bonds is 22. The van der Waals surface area contributed by atoms with E-state index in [-0.39, 0.29) is 12.4 Å². The summed E-state index contributed by atoms with van der Waals surface area (Å²) in [5, 5.41) is 10.4. The fourth-order valence-corrected chi connectivity index (χ4v) is 4.20. The second kappa shape index (κ2) is 23.5. The van der Waals surface area contributed by atoms with Crippen LogP contribution >= 0.6 is 0 Å². The molecule has 3 heteroatoms. The lowest BCUT2D eigenvalue weighted by atomic mass is 10.0. The van der Waals surface area contributed by atoms with Crippen molar-refractivity contribution in [3.8, 4) is 0 Å². The lowest BCUT2D eigenvalue weighted by Crippen LogP contribution is -3.00. The highest BCUT2D eigenvalue weighted by Gasteiger charge is 2.19. The lowest BCUT2D eigenvalue weighted by molar-refractivity contribution is -0.861. The third-order valence-electron chi connectivity index (χ3n) is 6.29. The van der Waals surface area contributed by atoms with Crippen LogP contribution in [0.25, 0.3) is 0 Å². The van der Waals surface area contributed by atoms with Gasteiger partial charge in [0, 0.05) is 6.42 Å². The summed E-state index contributed by atoms with van der Waals surface area (Å²) in [5.41, 5.74) is 0. The number of quaternary nitrogens is 1. The smallest absolute Gasteiger partial charge is 0.145 e. The van der Waals surface area contributed by atoms with Crippen molar-refractivity contribution in [2.45, 2.75) is 143 Å². The maximum Gasteiger partial charge on any atom is 0.145 e. The summed E-state index contributed by atoms with van der Waals surface area (Å²) in [6.45, 7) is 9.10. The van der Waals surface area contributed by atoms with Crippen LogP contribution in [0.2, 0.25) is 0 Å². The van der Waals surface area contributed by atoms with Crippen molar-refractivity contribution in [1.82, 2.24) is 0 Å². The number of aliphatic hydroxyl groups excluding tert-OH is 1. The van der Waals surface area contributed by atoms with Gasteiger partial charge in [0.15, 0.2) is 0 Å². The Morgan fingerprint density at radius 2 is 0.900 bits per heavy atom. The van der Waals surface area contributed by atoms with E-state index in [9.17, 15) is 5.11 Å². The van der Waals surface area contributed by atoms with Crippen LogP contribution in [0.1, 0.15) is 143 Å². The van der Waals surface area contributed by atoms with Gasteiger partial charge in [0.05, 0.1) is 20.1 Å². The molecule has 0 amide bonds. The van der Waals surface area contributed by atoms with E-state index in [1.165, 1.54) is 109 Å².